The fourth-order valence-corrected chi connectivity index (χ4v) is 4.27. The van der Waals surface area contributed by atoms with Gasteiger partial charge in [-0.05, 0) is 50.7 Å². The third-order valence-corrected chi connectivity index (χ3v) is 5.41. The van der Waals surface area contributed by atoms with E-state index in [4.69, 9.17) is 5.73 Å². The van der Waals surface area contributed by atoms with Crippen LogP contribution in [0.15, 0.2) is 18.3 Å². The van der Waals surface area contributed by atoms with E-state index in [0.29, 0.717) is 17.2 Å². The van der Waals surface area contributed by atoms with Gasteiger partial charge in [0.2, 0.25) is 0 Å². The molecule has 2 aliphatic carbocycles. The first-order valence-electron chi connectivity index (χ1n) is 8.85. The van der Waals surface area contributed by atoms with Crippen LogP contribution in [-0.4, -0.2) is 21.1 Å². The molecule has 2 aromatic heterocycles. The quantitative estimate of drug-likeness (QED) is 0.864. The number of fused-ring (bicyclic) bond motifs is 1. The first-order valence-corrected chi connectivity index (χ1v) is 8.85. The van der Waals surface area contributed by atoms with Gasteiger partial charge in [0.25, 0.3) is 0 Å². The van der Waals surface area contributed by atoms with Gasteiger partial charge < -0.3 is 10.5 Å². The summed E-state index contributed by atoms with van der Waals surface area (Å²) in [5.41, 5.74) is 7.74. The molecule has 5 nitrogen and oxygen atoms in total. The molecule has 3 atom stereocenters. The molecule has 0 saturated heterocycles. The van der Waals surface area contributed by atoms with Gasteiger partial charge in [-0.1, -0.05) is 6.42 Å². The summed E-state index contributed by atoms with van der Waals surface area (Å²) in [6.45, 7) is 4.11. The fourth-order valence-electron chi connectivity index (χ4n) is 4.27. The second-order valence-electron chi connectivity index (χ2n) is 7.43. The van der Waals surface area contributed by atoms with Gasteiger partial charge in [-0.15, -0.1) is 13.2 Å². The zero-order valence-corrected chi connectivity index (χ0v) is 14.6. The van der Waals surface area contributed by atoms with Crippen molar-refractivity contribution < 1.29 is 17.9 Å². The van der Waals surface area contributed by atoms with Crippen molar-refractivity contribution in [2.24, 2.45) is 11.8 Å². The predicted octanol–water partition coefficient (Wildman–Crippen LogP) is 4.52. The third kappa shape index (κ3) is 3.01. The predicted molar refractivity (Wildman–Crippen MR) is 90.5 cm³/mol. The van der Waals surface area contributed by atoms with Crippen molar-refractivity contribution in [1.82, 2.24) is 14.8 Å². The first kappa shape index (κ1) is 17.2. The Bertz CT molecular complexity index is 820. The topological polar surface area (TPSA) is 66.0 Å². The lowest BCUT2D eigenvalue weighted by Crippen LogP contribution is -2.18. The van der Waals surface area contributed by atoms with Crippen LogP contribution in [0.3, 0.4) is 0 Å². The average molecular weight is 366 g/mol. The lowest BCUT2D eigenvalue weighted by molar-refractivity contribution is -0.274. The second-order valence-corrected chi connectivity index (χ2v) is 7.43. The van der Waals surface area contributed by atoms with Crippen LogP contribution >= 0.6 is 0 Å². The molecule has 4 rings (SSSR count). The highest BCUT2D eigenvalue weighted by Crippen LogP contribution is 2.63. The molecule has 2 aromatic rings. The Morgan fingerprint density at radius 1 is 1.23 bits per heavy atom. The van der Waals surface area contributed by atoms with E-state index < -0.39 is 12.1 Å². The number of halogens is 3. The van der Waals surface area contributed by atoms with Crippen LogP contribution in [0.25, 0.3) is 11.3 Å². The number of hydrogen-bond acceptors (Lipinski definition) is 4. The first-order chi connectivity index (χ1) is 12.2. The van der Waals surface area contributed by atoms with Crippen LogP contribution in [0.1, 0.15) is 50.8 Å². The van der Waals surface area contributed by atoms with E-state index in [1.165, 1.54) is 37.2 Å². The maximum absolute atomic E-state index is 12.5. The van der Waals surface area contributed by atoms with Gasteiger partial charge in [-0.25, -0.2) is 4.98 Å². The molecule has 2 N–H and O–H groups in total. The van der Waals surface area contributed by atoms with Gasteiger partial charge in [0.15, 0.2) is 11.6 Å². The Kier molecular flexibility index (Phi) is 3.89. The second kappa shape index (κ2) is 5.89. The minimum atomic E-state index is -4.82. The molecule has 1 unspecified atom stereocenters. The van der Waals surface area contributed by atoms with Gasteiger partial charge in [0, 0.05) is 29.4 Å². The number of aromatic nitrogens is 3. The smallest absolute Gasteiger partial charge is 0.402 e. The van der Waals surface area contributed by atoms with Gasteiger partial charge in [0.1, 0.15) is 0 Å². The maximum Gasteiger partial charge on any atom is 0.573 e. The van der Waals surface area contributed by atoms with Crippen molar-refractivity contribution in [3.8, 4) is 17.0 Å². The number of nitrogens with zero attached hydrogens (tertiary/aromatic N) is 3. The highest BCUT2D eigenvalue weighted by Gasteiger charge is 2.54. The molecule has 0 aromatic carbocycles. The Morgan fingerprint density at radius 3 is 2.54 bits per heavy atom. The van der Waals surface area contributed by atoms with Crippen LogP contribution < -0.4 is 10.5 Å². The molecular formula is C18H21F3N4O. The third-order valence-electron chi connectivity index (χ3n) is 5.41. The fraction of sp³-hybridized carbons (Fsp3) is 0.556. The molecule has 2 aliphatic rings. The molecular weight excluding hydrogens is 345 g/mol. The van der Waals surface area contributed by atoms with Crippen LogP contribution in [-0.2, 0) is 0 Å². The molecule has 0 aliphatic heterocycles. The zero-order chi connectivity index (χ0) is 18.6. The summed E-state index contributed by atoms with van der Waals surface area (Å²) in [6.07, 6.45) is 0.405. The Labute approximate surface area is 149 Å². The normalized spacial score (nSPS) is 24.8. The van der Waals surface area contributed by atoms with Crippen molar-refractivity contribution in [3.05, 3.63) is 24.0 Å². The minimum Gasteiger partial charge on any atom is -0.402 e. The molecule has 2 fully saturated rings. The Balaban J connectivity index is 1.69. The molecule has 8 heteroatoms. The molecule has 0 radical (unpaired) electrons. The van der Waals surface area contributed by atoms with Crippen LogP contribution in [0, 0.1) is 11.8 Å². The van der Waals surface area contributed by atoms with E-state index in [0.717, 1.165) is 11.8 Å². The zero-order valence-electron chi connectivity index (χ0n) is 14.6. The summed E-state index contributed by atoms with van der Waals surface area (Å²) in [5, 5.41) is 4.63. The number of rotatable bonds is 4. The van der Waals surface area contributed by atoms with E-state index >= 15 is 0 Å². The molecule has 26 heavy (non-hydrogen) atoms. The van der Waals surface area contributed by atoms with Gasteiger partial charge >= 0.3 is 6.36 Å². The number of pyridine rings is 1. The van der Waals surface area contributed by atoms with Gasteiger partial charge in [-0.3, -0.25) is 4.68 Å². The van der Waals surface area contributed by atoms with E-state index in [1.54, 1.807) is 0 Å². The summed E-state index contributed by atoms with van der Waals surface area (Å²) in [4.78, 5) is 3.84. The number of alkyl halides is 3. The number of hydrogen-bond donors (Lipinski definition) is 1. The maximum atomic E-state index is 12.5. The average Bonchev–Trinajstić information content (AvgIpc) is 2.92. The molecule has 0 amide bonds. The van der Waals surface area contributed by atoms with E-state index in [1.807, 2.05) is 10.7 Å². The van der Waals surface area contributed by atoms with E-state index in [-0.39, 0.29) is 11.9 Å². The monoisotopic (exact) mass is 366 g/mol. The highest BCUT2D eigenvalue weighted by molar-refractivity contribution is 5.64. The lowest BCUT2D eigenvalue weighted by Gasteiger charge is -2.12. The van der Waals surface area contributed by atoms with Crippen molar-refractivity contribution >= 4 is 5.82 Å². The van der Waals surface area contributed by atoms with Crippen molar-refractivity contribution in [2.45, 2.75) is 51.4 Å². The minimum absolute atomic E-state index is 0.174. The number of nitrogen functional groups attached to an aromatic ring is 1. The van der Waals surface area contributed by atoms with Crippen molar-refractivity contribution in [1.29, 1.82) is 0 Å². The number of ether oxygens (including phenoxy) is 1. The Morgan fingerprint density at radius 2 is 1.92 bits per heavy atom. The van der Waals surface area contributed by atoms with Crippen LogP contribution in [0.2, 0.25) is 0 Å². The van der Waals surface area contributed by atoms with Gasteiger partial charge in [-0.2, -0.15) is 5.10 Å². The number of anilines is 1. The van der Waals surface area contributed by atoms with Crippen molar-refractivity contribution in [3.63, 3.8) is 0 Å². The van der Waals surface area contributed by atoms with Crippen molar-refractivity contribution in [2.75, 3.05) is 5.73 Å². The molecule has 2 saturated carbocycles. The summed E-state index contributed by atoms with van der Waals surface area (Å²) in [6, 6.07) is 3.40. The Hall–Kier alpha value is -2.25. The van der Waals surface area contributed by atoms with E-state index in [2.05, 4.69) is 28.7 Å². The number of nitrogens with two attached hydrogens (primary N) is 1. The molecule has 0 spiro atoms. The molecule has 140 valence electrons. The van der Waals surface area contributed by atoms with Gasteiger partial charge in [0.05, 0.1) is 5.69 Å². The van der Waals surface area contributed by atoms with Crippen LogP contribution in [0.5, 0.6) is 5.75 Å². The summed E-state index contributed by atoms with van der Waals surface area (Å²) in [7, 11) is 0. The SMILES string of the molecule is CC(C)n1nc(-c2cnc(N)c(OC(F)(F)F)c2)cc1C1[C@H]2CCC[C@@H]12. The summed E-state index contributed by atoms with van der Waals surface area (Å²) >= 11 is 0. The summed E-state index contributed by atoms with van der Waals surface area (Å²) in [5.74, 6) is 1.17. The molecule has 2 heterocycles. The van der Waals surface area contributed by atoms with Crippen LogP contribution in [0.4, 0.5) is 19.0 Å². The largest absolute Gasteiger partial charge is 0.573 e. The summed E-state index contributed by atoms with van der Waals surface area (Å²) < 4.78 is 43.6. The van der Waals surface area contributed by atoms with E-state index in [9.17, 15) is 13.2 Å². The lowest BCUT2D eigenvalue weighted by atomic mass is 10.1. The molecule has 0 bridgehead atoms. The highest BCUT2D eigenvalue weighted by atomic mass is 19.4. The standard InChI is InChI=1S/C18H21F3N4O/c1-9(2)25-14(16-11-4-3-5-12(11)16)7-13(24-25)10-6-15(17(22)23-8-10)26-18(19,20)21/h6-9,11-12,16H,3-5H2,1-2H3,(H2,22,23)/t11-,12+,16?.